The molecular formula is C11H20N2O. The van der Waals surface area contributed by atoms with Gasteiger partial charge in [0.15, 0.2) is 0 Å². The Hall–Kier alpha value is -0.570. The topological polar surface area (TPSA) is 69.1 Å². The normalized spacial score (nSPS) is 46.6. The Kier molecular flexibility index (Phi) is 2.30. The van der Waals surface area contributed by atoms with Gasteiger partial charge in [0.1, 0.15) is 0 Å². The number of primary amides is 1. The molecule has 14 heavy (non-hydrogen) atoms. The number of rotatable bonds is 2. The average molecular weight is 196 g/mol. The van der Waals surface area contributed by atoms with Crippen LogP contribution in [-0.4, -0.2) is 11.9 Å². The zero-order valence-electron chi connectivity index (χ0n) is 8.83. The Morgan fingerprint density at radius 3 is 2.36 bits per heavy atom. The third-order valence-corrected chi connectivity index (χ3v) is 4.63. The molecule has 0 aromatic heterocycles. The van der Waals surface area contributed by atoms with Crippen molar-refractivity contribution in [3.05, 3.63) is 0 Å². The molecule has 2 atom stereocenters. The molecule has 0 radical (unpaired) electrons. The third kappa shape index (κ3) is 1.18. The van der Waals surface area contributed by atoms with Crippen LogP contribution in [0.4, 0.5) is 0 Å². The van der Waals surface area contributed by atoms with Crippen LogP contribution >= 0.6 is 0 Å². The Labute approximate surface area is 85.2 Å². The van der Waals surface area contributed by atoms with Gasteiger partial charge in [-0.05, 0) is 43.4 Å². The average Bonchev–Trinajstić information content (AvgIpc) is 2.18. The first kappa shape index (κ1) is 9.97. The van der Waals surface area contributed by atoms with Crippen molar-refractivity contribution in [2.24, 2.45) is 28.7 Å². The molecule has 3 aliphatic carbocycles. The Bertz CT molecular complexity index is 244. The molecule has 1 amide bonds. The molecule has 3 nitrogen and oxygen atoms in total. The number of nitrogens with two attached hydrogens (primary N) is 2. The zero-order valence-corrected chi connectivity index (χ0v) is 8.83. The van der Waals surface area contributed by atoms with Crippen molar-refractivity contribution in [1.29, 1.82) is 0 Å². The molecule has 3 aliphatic rings. The number of carbonyl (C=O) groups excluding carboxylic acids is 1. The molecule has 3 heteroatoms. The summed E-state index contributed by atoms with van der Waals surface area (Å²) in [6.45, 7) is 2.16. The second kappa shape index (κ2) is 3.23. The molecule has 3 fully saturated rings. The number of carbonyl (C=O) groups is 1. The second-order valence-electron chi connectivity index (χ2n) is 5.01. The van der Waals surface area contributed by atoms with Crippen molar-refractivity contribution in [2.75, 3.05) is 0 Å². The van der Waals surface area contributed by atoms with E-state index in [4.69, 9.17) is 11.5 Å². The van der Waals surface area contributed by atoms with Crippen molar-refractivity contribution in [2.45, 2.75) is 45.1 Å². The van der Waals surface area contributed by atoms with Crippen molar-refractivity contribution >= 4 is 5.91 Å². The van der Waals surface area contributed by atoms with E-state index in [9.17, 15) is 4.79 Å². The first-order chi connectivity index (χ1) is 6.60. The highest BCUT2D eigenvalue weighted by Gasteiger charge is 2.53. The van der Waals surface area contributed by atoms with E-state index >= 15 is 0 Å². The third-order valence-electron chi connectivity index (χ3n) is 4.63. The van der Waals surface area contributed by atoms with Crippen LogP contribution in [0.1, 0.15) is 39.0 Å². The van der Waals surface area contributed by atoms with Gasteiger partial charge < -0.3 is 11.5 Å². The van der Waals surface area contributed by atoms with Crippen molar-refractivity contribution in [1.82, 2.24) is 0 Å². The summed E-state index contributed by atoms with van der Waals surface area (Å²) >= 11 is 0. The van der Waals surface area contributed by atoms with Crippen LogP contribution in [0.3, 0.4) is 0 Å². The standard InChI is InChI=1S/C11H20N2O/c1-2-11-5-3-7(4-6-11)9(12)8(11)10(13)14/h7-9H,2-6,12H2,1H3,(H2,13,14)/t7?,8-,9-,11?/m0/s1. The summed E-state index contributed by atoms with van der Waals surface area (Å²) in [5.74, 6) is 0.296. The predicted octanol–water partition coefficient (Wildman–Crippen LogP) is 1.02. The molecule has 0 aromatic rings. The molecule has 2 bridgehead atoms. The lowest BCUT2D eigenvalue weighted by Gasteiger charge is -2.54. The highest BCUT2D eigenvalue weighted by molar-refractivity contribution is 5.78. The number of amides is 1. The minimum Gasteiger partial charge on any atom is -0.369 e. The fourth-order valence-electron chi connectivity index (χ4n) is 3.66. The summed E-state index contributed by atoms with van der Waals surface area (Å²) in [5.41, 5.74) is 11.7. The minimum atomic E-state index is -0.177. The molecule has 3 saturated carbocycles. The highest BCUT2D eigenvalue weighted by Crippen LogP contribution is 2.54. The fraction of sp³-hybridized carbons (Fsp3) is 0.909. The van der Waals surface area contributed by atoms with Gasteiger partial charge >= 0.3 is 0 Å². The van der Waals surface area contributed by atoms with Gasteiger partial charge in [0.25, 0.3) is 0 Å². The second-order valence-corrected chi connectivity index (χ2v) is 5.01. The van der Waals surface area contributed by atoms with E-state index in [1.807, 2.05) is 0 Å². The predicted molar refractivity (Wildman–Crippen MR) is 55.3 cm³/mol. The van der Waals surface area contributed by atoms with Crippen LogP contribution in [0.25, 0.3) is 0 Å². The van der Waals surface area contributed by atoms with E-state index in [1.54, 1.807) is 0 Å². The van der Waals surface area contributed by atoms with Crippen molar-refractivity contribution in [3.63, 3.8) is 0 Å². The van der Waals surface area contributed by atoms with Crippen LogP contribution in [0.5, 0.6) is 0 Å². The van der Waals surface area contributed by atoms with Gasteiger partial charge in [-0.15, -0.1) is 0 Å². The summed E-state index contributed by atoms with van der Waals surface area (Å²) in [4.78, 5) is 11.5. The molecule has 0 spiro atoms. The van der Waals surface area contributed by atoms with E-state index < -0.39 is 0 Å². The van der Waals surface area contributed by atoms with Gasteiger partial charge in [0.2, 0.25) is 5.91 Å². The van der Waals surface area contributed by atoms with Gasteiger partial charge in [0.05, 0.1) is 5.92 Å². The molecular weight excluding hydrogens is 176 g/mol. The summed E-state index contributed by atoms with van der Waals surface area (Å²) < 4.78 is 0. The molecule has 0 unspecified atom stereocenters. The monoisotopic (exact) mass is 196 g/mol. The van der Waals surface area contributed by atoms with E-state index in [2.05, 4.69) is 6.92 Å². The number of fused-ring (bicyclic) bond motifs is 3. The van der Waals surface area contributed by atoms with E-state index in [0.717, 1.165) is 19.3 Å². The molecule has 0 aromatic carbocycles. The highest BCUT2D eigenvalue weighted by atomic mass is 16.1. The number of hydrogen-bond donors (Lipinski definition) is 2. The van der Waals surface area contributed by atoms with Gasteiger partial charge in [-0.2, -0.15) is 0 Å². The quantitative estimate of drug-likeness (QED) is 0.692. The van der Waals surface area contributed by atoms with Crippen molar-refractivity contribution in [3.8, 4) is 0 Å². The van der Waals surface area contributed by atoms with E-state index in [-0.39, 0.29) is 23.3 Å². The summed E-state index contributed by atoms with van der Waals surface area (Å²) in [6, 6.07) is 0.0231. The fourth-order valence-corrected chi connectivity index (χ4v) is 3.66. The van der Waals surface area contributed by atoms with Gasteiger partial charge in [-0.25, -0.2) is 0 Å². The van der Waals surface area contributed by atoms with Gasteiger partial charge in [0, 0.05) is 6.04 Å². The molecule has 3 rings (SSSR count). The van der Waals surface area contributed by atoms with Crippen molar-refractivity contribution < 1.29 is 4.79 Å². The van der Waals surface area contributed by atoms with Gasteiger partial charge in [-0.1, -0.05) is 6.92 Å². The Morgan fingerprint density at radius 1 is 1.43 bits per heavy atom. The summed E-state index contributed by atoms with van der Waals surface area (Å²) in [5, 5.41) is 0. The van der Waals surface area contributed by atoms with Crippen LogP contribution in [-0.2, 0) is 4.79 Å². The molecule has 0 heterocycles. The maximum Gasteiger partial charge on any atom is 0.222 e. The lowest BCUT2D eigenvalue weighted by atomic mass is 9.52. The largest absolute Gasteiger partial charge is 0.369 e. The van der Waals surface area contributed by atoms with Crippen LogP contribution in [0.2, 0.25) is 0 Å². The Balaban J connectivity index is 2.31. The van der Waals surface area contributed by atoms with Crippen LogP contribution < -0.4 is 11.5 Å². The smallest absolute Gasteiger partial charge is 0.222 e. The maximum absolute atomic E-state index is 11.5. The molecule has 80 valence electrons. The SMILES string of the molecule is CCC12CCC(CC1)[C@H](N)[C@H]2C(N)=O. The van der Waals surface area contributed by atoms with Crippen LogP contribution in [0.15, 0.2) is 0 Å². The molecule has 0 saturated heterocycles. The lowest BCUT2D eigenvalue weighted by molar-refractivity contribution is -0.135. The maximum atomic E-state index is 11.5. The van der Waals surface area contributed by atoms with E-state index in [1.165, 1.54) is 12.8 Å². The first-order valence-electron chi connectivity index (χ1n) is 5.65. The molecule has 0 aliphatic heterocycles. The zero-order chi connectivity index (χ0) is 10.3. The first-order valence-corrected chi connectivity index (χ1v) is 5.65. The van der Waals surface area contributed by atoms with Gasteiger partial charge in [-0.3, -0.25) is 4.79 Å². The number of hydrogen-bond acceptors (Lipinski definition) is 2. The van der Waals surface area contributed by atoms with E-state index in [0.29, 0.717) is 5.92 Å². The lowest BCUT2D eigenvalue weighted by Crippen LogP contribution is -2.59. The minimum absolute atomic E-state index is 0.0231. The molecule has 4 N–H and O–H groups in total. The Morgan fingerprint density at radius 2 is 2.00 bits per heavy atom. The summed E-state index contributed by atoms with van der Waals surface area (Å²) in [7, 11) is 0. The summed E-state index contributed by atoms with van der Waals surface area (Å²) in [6.07, 6.45) is 5.73. The van der Waals surface area contributed by atoms with Crippen LogP contribution in [0, 0.1) is 17.3 Å².